The van der Waals surface area contributed by atoms with Gasteiger partial charge in [-0.3, -0.25) is 0 Å². The zero-order valence-corrected chi connectivity index (χ0v) is 17.7. The quantitative estimate of drug-likeness (QED) is 0.627. The molecule has 3 rings (SSSR count). The van der Waals surface area contributed by atoms with Crippen molar-refractivity contribution in [3.63, 3.8) is 0 Å². The van der Waals surface area contributed by atoms with Crippen LogP contribution < -0.4 is 15.9 Å². The van der Waals surface area contributed by atoms with Crippen molar-refractivity contribution in [1.82, 2.24) is 4.72 Å². The van der Waals surface area contributed by atoms with Crippen molar-refractivity contribution in [2.75, 3.05) is 19.0 Å². The summed E-state index contributed by atoms with van der Waals surface area (Å²) in [5.41, 5.74) is 9.22. The molecule has 1 heterocycles. The van der Waals surface area contributed by atoms with Gasteiger partial charge in [0, 0.05) is 11.9 Å². The Bertz CT molecular complexity index is 761. The summed E-state index contributed by atoms with van der Waals surface area (Å²) >= 11 is 0. The molecule has 0 aliphatic carbocycles. The minimum absolute atomic E-state index is 0.312. The summed E-state index contributed by atoms with van der Waals surface area (Å²) in [5.74, 6) is 0. The molecule has 1 aliphatic heterocycles. The van der Waals surface area contributed by atoms with Crippen LogP contribution in [0, 0.1) is 0 Å². The maximum atomic E-state index is 9.81. The van der Waals surface area contributed by atoms with Crippen LogP contribution in [-0.4, -0.2) is 35.8 Å². The number of hydrogen-bond donors (Lipinski definition) is 2. The molecule has 0 spiro atoms. The van der Waals surface area contributed by atoms with E-state index < -0.39 is 11.0 Å². The lowest BCUT2D eigenvalue weighted by molar-refractivity contribution is 0.00578. The smallest absolute Gasteiger partial charge is 0.399 e. The molecular weight excluding hydrogens is 359 g/mol. The lowest BCUT2D eigenvalue weighted by Gasteiger charge is -2.32. The zero-order chi connectivity index (χ0) is 20.2. The summed E-state index contributed by atoms with van der Waals surface area (Å²) in [6, 6.07) is 16.2. The molecule has 0 amide bonds. The van der Waals surface area contributed by atoms with Crippen molar-refractivity contribution in [3.8, 4) is 11.1 Å². The predicted molar refractivity (Wildman–Crippen MR) is 115 cm³/mol. The lowest BCUT2D eigenvalue weighted by Crippen LogP contribution is -2.41. The van der Waals surface area contributed by atoms with Crippen LogP contribution in [0.25, 0.3) is 11.1 Å². The first-order valence-corrected chi connectivity index (χ1v) is 10.4. The van der Waals surface area contributed by atoms with E-state index in [4.69, 9.17) is 15.0 Å². The Balaban J connectivity index is 0.000000465. The monoisotopic (exact) mass is 388 g/mol. The number of hydrogen-bond acceptors (Lipinski definition) is 4. The largest absolute Gasteiger partial charge is 0.494 e. The zero-order valence-electron chi connectivity index (χ0n) is 16.9. The number of rotatable bonds is 3. The molecule has 3 N–H and O–H groups in total. The molecule has 0 radical (unpaired) electrons. The average Bonchev–Trinajstić information content (AvgIpc) is 2.84. The molecule has 0 saturated carbocycles. The fraction of sp³-hybridized carbons (Fsp3) is 0.400. The molecule has 2 aromatic carbocycles. The highest BCUT2D eigenvalue weighted by Gasteiger charge is 2.51. The predicted octanol–water partition coefficient (Wildman–Crippen LogP) is 2.73. The molecule has 7 heteroatoms. The van der Waals surface area contributed by atoms with Gasteiger partial charge in [0.05, 0.1) is 22.2 Å². The number of nitrogen functional groups attached to an aromatic ring is 1. The van der Waals surface area contributed by atoms with E-state index in [2.05, 4.69) is 56.7 Å². The fourth-order valence-electron chi connectivity index (χ4n) is 2.49. The van der Waals surface area contributed by atoms with Gasteiger partial charge in [-0.1, -0.05) is 36.4 Å². The molecule has 1 atom stereocenters. The summed E-state index contributed by atoms with van der Waals surface area (Å²) in [4.78, 5) is 0. The van der Waals surface area contributed by atoms with Crippen molar-refractivity contribution in [2.24, 2.45) is 0 Å². The molecule has 1 unspecified atom stereocenters. The van der Waals surface area contributed by atoms with Crippen LogP contribution in [0.4, 0.5) is 5.69 Å². The van der Waals surface area contributed by atoms with Gasteiger partial charge in [0.2, 0.25) is 0 Å². The Kier molecular flexibility index (Phi) is 6.86. The Morgan fingerprint density at radius 1 is 0.889 bits per heavy atom. The molecule has 27 heavy (non-hydrogen) atoms. The first-order valence-electron chi connectivity index (χ1n) is 8.88. The van der Waals surface area contributed by atoms with Crippen molar-refractivity contribution in [1.29, 1.82) is 0 Å². The van der Waals surface area contributed by atoms with Gasteiger partial charge in [-0.05, 0) is 63.5 Å². The molecule has 0 aromatic heterocycles. The maximum Gasteiger partial charge on any atom is 0.494 e. The van der Waals surface area contributed by atoms with Gasteiger partial charge in [0.15, 0.2) is 0 Å². The maximum absolute atomic E-state index is 9.81. The Morgan fingerprint density at radius 2 is 1.26 bits per heavy atom. The number of nitrogens with two attached hydrogens (primary N) is 1. The van der Waals surface area contributed by atoms with Crippen molar-refractivity contribution in [3.05, 3.63) is 48.5 Å². The normalized spacial score (nSPS) is 18.5. The van der Waals surface area contributed by atoms with Gasteiger partial charge in [-0.15, -0.1) is 0 Å². The van der Waals surface area contributed by atoms with E-state index in [0.29, 0.717) is 0 Å². The van der Waals surface area contributed by atoms with E-state index in [1.807, 2.05) is 24.3 Å². The van der Waals surface area contributed by atoms with Gasteiger partial charge in [-0.2, -0.15) is 0 Å². The highest BCUT2D eigenvalue weighted by atomic mass is 32.2. The minimum Gasteiger partial charge on any atom is -0.399 e. The summed E-state index contributed by atoms with van der Waals surface area (Å²) in [6.07, 6.45) is 1.58. The fourth-order valence-corrected chi connectivity index (χ4v) is 2.49. The third kappa shape index (κ3) is 5.42. The third-order valence-corrected chi connectivity index (χ3v) is 5.54. The van der Waals surface area contributed by atoms with Gasteiger partial charge < -0.3 is 15.0 Å². The van der Waals surface area contributed by atoms with Gasteiger partial charge in [0.25, 0.3) is 0 Å². The van der Waals surface area contributed by atoms with Gasteiger partial charge in [-0.25, -0.2) is 8.93 Å². The first-order chi connectivity index (χ1) is 12.6. The average molecular weight is 388 g/mol. The van der Waals surface area contributed by atoms with Crippen LogP contribution in [0.3, 0.4) is 0 Å². The van der Waals surface area contributed by atoms with Crippen LogP contribution in [0.2, 0.25) is 0 Å². The van der Waals surface area contributed by atoms with Crippen LogP contribution >= 0.6 is 0 Å². The Hall–Kier alpha value is -1.67. The molecule has 1 saturated heterocycles. The van der Waals surface area contributed by atoms with Crippen LogP contribution in [0.5, 0.6) is 0 Å². The summed E-state index contributed by atoms with van der Waals surface area (Å²) in [6.45, 7) is 8.26. The summed E-state index contributed by atoms with van der Waals surface area (Å²) in [5, 5.41) is 0. The lowest BCUT2D eigenvalue weighted by atomic mass is 9.78. The van der Waals surface area contributed by atoms with Gasteiger partial charge >= 0.3 is 7.12 Å². The second-order valence-electron chi connectivity index (χ2n) is 7.49. The van der Waals surface area contributed by atoms with E-state index in [1.54, 1.807) is 13.3 Å². The Labute approximate surface area is 165 Å². The molecular formula is C20H29BN2O3S. The highest BCUT2D eigenvalue weighted by molar-refractivity contribution is 7.82. The molecule has 2 aromatic rings. The van der Waals surface area contributed by atoms with E-state index in [9.17, 15) is 4.21 Å². The Morgan fingerprint density at radius 3 is 1.63 bits per heavy atom. The second-order valence-corrected chi connectivity index (χ2v) is 8.81. The van der Waals surface area contributed by atoms with Crippen LogP contribution in [0.15, 0.2) is 48.5 Å². The van der Waals surface area contributed by atoms with Crippen LogP contribution in [0.1, 0.15) is 27.7 Å². The van der Waals surface area contributed by atoms with Crippen molar-refractivity contribution >= 4 is 29.3 Å². The molecule has 146 valence electrons. The minimum atomic E-state index is -0.823. The van der Waals surface area contributed by atoms with E-state index in [1.165, 1.54) is 0 Å². The van der Waals surface area contributed by atoms with E-state index >= 15 is 0 Å². The molecule has 1 fully saturated rings. The standard InChI is InChI=1S/C18H22BNO2.C2H7NOS/c1-17(2)18(3,4)22-19(21-17)15-9-5-13(6-10-15)14-7-11-16(20)12-8-14;1-3-5(2)4/h5-12H,20H2,1-4H3;3H,1-2H3. The number of benzene rings is 2. The second kappa shape index (κ2) is 8.56. The number of anilines is 1. The highest BCUT2D eigenvalue weighted by Crippen LogP contribution is 2.36. The summed E-state index contributed by atoms with van der Waals surface area (Å²) in [7, 11) is 0.512. The third-order valence-electron chi connectivity index (χ3n) is 4.97. The first kappa shape index (κ1) is 21.6. The summed E-state index contributed by atoms with van der Waals surface area (Å²) < 4.78 is 24.5. The van der Waals surface area contributed by atoms with Crippen molar-refractivity contribution in [2.45, 2.75) is 38.9 Å². The topological polar surface area (TPSA) is 73.6 Å². The number of nitrogens with one attached hydrogen (secondary N) is 1. The van der Waals surface area contributed by atoms with E-state index in [0.717, 1.165) is 22.3 Å². The SMILES string of the molecule is CC1(C)OB(c2ccc(-c3ccc(N)cc3)cc2)OC1(C)C.CNS(C)=O. The van der Waals surface area contributed by atoms with Crippen molar-refractivity contribution < 1.29 is 13.5 Å². The molecule has 5 nitrogen and oxygen atoms in total. The van der Waals surface area contributed by atoms with Gasteiger partial charge in [0.1, 0.15) is 0 Å². The van der Waals surface area contributed by atoms with Crippen LogP contribution in [-0.2, 0) is 20.3 Å². The van der Waals surface area contributed by atoms with E-state index in [-0.39, 0.29) is 18.3 Å². The molecule has 0 bridgehead atoms. The molecule has 1 aliphatic rings.